The molecule has 1 aliphatic heterocycles. The number of nitrogens with one attached hydrogen (secondary N) is 1. The third kappa shape index (κ3) is 6.81. The lowest BCUT2D eigenvalue weighted by molar-refractivity contribution is -0.137. The van der Waals surface area contributed by atoms with Crippen LogP contribution in [0.2, 0.25) is 0 Å². The van der Waals surface area contributed by atoms with E-state index in [-0.39, 0.29) is 11.7 Å². The quantitative estimate of drug-likeness (QED) is 0.694. The largest absolute Gasteiger partial charge is 0.416 e. The van der Waals surface area contributed by atoms with Crippen LogP contribution in [0, 0.1) is 5.82 Å². The van der Waals surface area contributed by atoms with Crippen molar-refractivity contribution in [2.24, 2.45) is 0 Å². The molecule has 4 nitrogen and oxygen atoms in total. The highest BCUT2D eigenvalue weighted by molar-refractivity contribution is 5.78. The Kier molecular flexibility index (Phi) is 7.44. The predicted molar refractivity (Wildman–Crippen MR) is 106 cm³/mol. The van der Waals surface area contributed by atoms with Crippen molar-refractivity contribution in [3.63, 3.8) is 0 Å². The summed E-state index contributed by atoms with van der Waals surface area (Å²) in [6.45, 7) is 4.37. The van der Waals surface area contributed by atoms with E-state index in [1.165, 1.54) is 24.3 Å². The van der Waals surface area contributed by atoms with E-state index < -0.39 is 11.7 Å². The molecule has 1 N–H and O–H groups in total. The van der Waals surface area contributed by atoms with Gasteiger partial charge in [-0.05, 0) is 41.8 Å². The van der Waals surface area contributed by atoms with Crippen molar-refractivity contribution in [3.8, 4) is 0 Å². The average Bonchev–Trinajstić information content (AvgIpc) is 2.71. The fourth-order valence-corrected chi connectivity index (χ4v) is 3.42. The minimum Gasteiger partial charge on any atom is -0.355 e. The molecule has 1 heterocycles. The van der Waals surface area contributed by atoms with Gasteiger partial charge in [-0.3, -0.25) is 14.6 Å². The third-order valence-corrected chi connectivity index (χ3v) is 5.17. The zero-order valence-electron chi connectivity index (χ0n) is 16.6. The van der Waals surface area contributed by atoms with E-state index >= 15 is 0 Å². The first-order valence-electron chi connectivity index (χ1n) is 9.91. The number of amides is 1. The van der Waals surface area contributed by atoms with Gasteiger partial charge in [0, 0.05) is 39.3 Å². The summed E-state index contributed by atoms with van der Waals surface area (Å²) in [5.41, 5.74) is 1.17. The van der Waals surface area contributed by atoms with Crippen LogP contribution in [-0.4, -0.2) is 55.0 Å². The van der Waals surface area contributed by atoms with Gasteiger partial charge in [0.1, 0.15) is 5.82 Å². The van der Waals surface area contributed by atoms with Crippen LogP contribution in [0.5, 0.6) is 0 Å². The summed E-state index contributed by atoms with van der Waals surface area (Å²) < 4.78 is 50.8. The number of nitrogens with zero attached hydrogens (tertiary/aromatic N) is 2. The minimum absolute atomic E-state index is 0.0479. The van der Waals surface area contributed by atoms with Gasteiger partial charge in [0.05, 0.1) is 12.1 Å². The maximum absolute atomic E-state index is 12.9. The van der Waals surface area contributed by atoms with Gasteiger partial charge in [-0.15, -0.1) is 0 Å². The van der Waals surface area contributed by atoms with Crippen LogP contribution >= 0.6 is 0 Å². The lowest BCUT2D eigenvalue weighted by atomic mass is 10.1. The summed E-state index contributed by atoms with van der Waals surface area (Å²) in [7, 11) is 0. The van der Waals surface area contributed by atoms with Crippen molar-refractivity contribution in [1.29, 1.82) is 0 Å². The molecule has 0 radical (unpaired) electrons. The fourth-order valence-electron chi connectivity index (χ4n) is 3.42. The molecule has 0 bridgehead atoms. The van der Waals surface area contributed by atoms with Gasteiger partial charge < -0.3 is 5.32 Å². The number of halogens is 4. The zero-order chi connectivity index (χ0) is 21.6. The first kappa shape index (κ1) is 22.2. The van der Waals surface area contributed by atoms with Crippen molar-refractivity contribution >= 4 is 5.91 Å². The van der Waals surface area contributed by atoms with E-state index in [0.29, 0.717) is 26.1 Å². The Balaban J connectivity index is 1.34. The molecule has 0 spiro atoms. The Hall–Kier alpha value is -2.45. The molecular formula is C22H25F4N3O. The van der Waals surface area contributed by atoms with Crippen LogP contribution in [0.1, 0.15) is 16.7 Å². The smallest absolute Gasteiger partial charge is 0.355 e. The standard InChI is InChI=1S/C22H25F4N3O/c23-20-7-3-17(4-8-20)9-10-27-21(30)16-29-13-11-28(12-14-29)15-18-1-5-19(6-2-18)22(24,25)26/h1-8H,9-16H2,(H,27,30). The first-order valence-corrected chi connectivity index (χ1v) is 9.91. The molecule has 30 heavy (non-hydrogen) atoms. The van der Waals surface area contributed by atoms with E-state index in [0.717, 1.165) is 49.4 Å². The second kappa shape index (κ2) is 10.0. The summed E-state index contributed by atoms with van der Waals surface area (Å²) in [5.74, 6) is -0.325. The average molecular weight is 423 g/mol. The monoisotopic (exact) mass is 423 g/mol. The molecule has 1 aliphatic rings. The number of hydrogen-bond donors (Lipinski definition) is 1. The Morgan fingerprint density at radius 1 is 0.867 bits per heavy atom. The van der Waals surface area contributed by atoms with Crippen molar-refractivity contribution in [2.45, 2.75) is 19.1 Å². The van der Waals surface area contributed by atoms with Gasteiger partial charge in [0.2, 0.25) is 5.91 Å². The Morgan fingerprint density at radius 2 is 1.43 bits per heavy atom. The molecule has 0 aromatic heterocycles. The fraction of sp³-hybridized carbons (Fsp3) is 0.409. The van der Waals surface area contributed by atoms with Crippen LogP contribution in [0.3, 0.4) is 0 Å². The minimum atomic E-state index is -4.32. The van der Waals surface area contributed by atoms with Gasteiger partial charge in [-0.2, -0.15) is 13.2 Å². The molecule has 0 unspecified atom stereocenters. The number of alkyl halides is 3. The molecule has 0 aliphatic carbocycles. The molecule has 2 aromatic rings. The van der Waals surface area contributed by atoms with Gasteiger partial charge >= 0.3 is 6.18 Å². The van der Waals surface area contributed by atoms with E-state index in [4.69, 9.17) is 0 Å². The van der Waals surface area contributed by atoms with Crippen LogP contribution in [0.4, 0.5) is 17.6 Å². The van der Waals surface area contributed by atoms with Crippen LogP contribution < -0.4 is 5.32 Å². The number of carbonyl (C=O) groups excluding carboxylic acids is 1. The van der Waals surface area contributed by atoms with E-state index in [1.807, 2.05) is 0 Å². The number of hydrogen-bond acceptors (Lipinski definition) is 3. The maximum atomic E-state index is 12.9. The molecule has 1 saturated heterocycles. The molecule has 1 fully saturated rings. The molecule has 3 rings (SSSR count). The summed E-state index contributed by atoms with van der Waals surface area (Å²) in [5, 5.41) is 2.88. The van der Waals surface area contributed by atoms with Crippen molar-refractivity contribution in [1.82, 2.24) is 15.1 Å². The van der Waals surface area contributed by atoms with Crippen molar-refractivity contribution in [3.05, 3.63) is 71.0 Å². The number of rotatable bonds is 7. The maximum Gasteiger partial charge on any atom is 0.416 e. The molecular weight excluding hydrogens is 398 g/mol. The van der Waals surface area contributed by atoms with E-state index in [2.05, 4.69) is 15.1 Å². The molecule has 1 amide bonds. The SMILES string of the molecule is O=C(CN1CCN(Cc2ccc(C(F)(F)F)cc2)CC1)NCCc1ccc(F)cc1. The van der Waals surface area contributed by atoms with Crippen LogP contribution in [0.15, 0.2) is 48.5 Å². The van der Waals surface area contributed by atoms with Gasteiger partial charge in [0.25, 0.3) is 0 Å². The second-order valence-corrected chi connectivity index (χ2v) is 7.47. The molecule has 162 valence electrons. The Labute approximate surface area is 173 Å². The number of benzene rings is 2. The van der Waals surface area contributed by atoms with Crippen LogP contribution in [0.25, 0.3) is 0 Å². The highest BCUT2D eigenvalue weighted by Gasteiger charge is 2.30. The zero-order valence-corrected chi connectivity index (χ0v) is 16.6. The van der Waals surface area contributed by atoms with E-state index in [1.54, 1.807) is 12.1 Å². The molecule has 0 saturated carbocycles. The third-order valence-electron chi connectivity index (χ3n) is 5.17. The lowest BCUT2D eigenvalue weighted by Gasteiger charge is -2.34. The molecule has 8 heteroatoms. The summed E-state index contributed by atoms with van der Waals surface area (Å²) in [6.07, 6.45) is -3.67. The second-order valence-electron chi connectivity index (χ2n) is 7.47. The Bertz CT molecular complexity index is 814. The highest BCUT2D eigenvalue weighted by Crippen LogP contribution is 2.29. The molecule has 0 atom stereocenters. The van der Waals surface area contributed by atoms with Gasteiger partial charge in [-0.25, -0.2) is 4.39 Å². The normalized spacial score (nSPS) is 15.9. The summed E-state index contributed by atoms with van der Waals surface area (Å²) >= 11 is 0. The first-order chi connectivity index (χ1) is 14.3. The summed E-state index contributed by atoms with van der Waals surface area (Å²) in [4.78, 5) is 16.4. The van der Waals surface area contributed by atoms with E-state index in [9.17, 15) is 22.4 Å². The van der Waals surface area contributed by atoms with Crippen molar-refractivity contribution in [2.75, 3.05) is 39.3 Å². The van der Waals surface area contributed by atoms with Gasteiger partial charge in [-0.1, -0.05) is 24.3 Å². The van der Waals surface area contributed by atoms with Gasteiger partial charge in [0.15, 0.2) is 0 Å². The van der Waals surface area contributed by atoms with Crippen LogP contribution in [-0.2, 0) is 23.9 Å². The summed E-state index contributed by atoms with van der Waals surface area (Å²) in [6, 6.07) is 11.5. The number of piperazine rings is 1. The van der Waals surface area contributed by atoms with Crippen molar-refractivity contribution < 1.29 is 22.4 Å². The number of carbonyl (C=O) groups is 1. The molecule has 2 aromatic carbocycles. The predicted octanol–water partition coefficient (Wildman–Crippen LogP) is 3.32. The highest BCUT2D eigenvalue weighted by atomic mass is 19.4. The Morgan fingerprint density at radius 3 is 2.03 bits per heavy atom. The topological polar surface area (TPSA) is 35.6 Å². The lowest BCUT2D eigenvalue weighted by Crippen LogP contribution is -2.49.